The van der Waals surface area contributed by atoms with E-state index < -0.39 is 10.0 Å². The summed E-state index contributed by atoms with van der Waals surface area (Å²) in [6.07, 6.45) is 2.03. The lowest BCUT2D eigenvalue weighted by atomic mass is 10.0. The Balaban J connectivity index is 2.17. The van der Waals surface area contributed by atoms with Crippen molar-refractivity contribution in [3.63, 3.8) is 0 Å². The number of hydrogen-bond acceptors (Lipinski definition) is 5. The number of nitrogens with zero attached hydrogens (tertiary/aromatic N) is 2. The standard InChI is InChI=1S/C11H12N2O3S2/c12-7-10-1-2-11(17-10)18(15,16)13-5-3-9(8-14)4-6-13/h1-2,8-9H,3-6H2. The van der Waals surface area contributed by atoms with Crippen LogP contribution >= 0.6 is 11.3 Å². The van der Waals surface area contributed by atoms with Crippen LogP contribution in [0.4, 0.5) is 0 Å². The van der Waals surface area contributed by atoms with Crippen LogP contribution in [0.25, 0.3) is 0 Å². The second-order valence-electron chi connectivity index (χ2n) is 4.11. The zero-order chi connectivity index (χ0) is 13.2. The number of nitriles is 1. The summed E-state index contributed by atoms with van der Waals surface area (Å²) in [5.74, 6) is -0.0329. The van der Waals surface area contributed by atoms with E-state index in [2.05, 4.69) is 0 Å². The maximum absolute atomic E-state index is 12.3. The summed E-state index contributed by atoms with van der Waals surface area (Å²) in [6.45, 7) is 0.733. The molecule has 96 valence electrons. The lowest BCUT2D eigenvalue weighted by molar-refractivity contribution is -0.112. The smallest absolute Gasteiger partial charge is 0.252 e. The van der Waals surface area contributed by atoms with Crippen molar-refractivity contribution in [2.24, 2.45) is 5.92 Å². The van der Waals surface area contributed by atoms with Gasteiger partial charge in [-0.15, -0.1) is 11.3 Å². The number of hydrogen-bond donors (Lipinski definition) is 0. The Labute approximate surface area is 110 Å². The number of thiophene rings is 1. The zero-order valence-electron chi connectivity index (χ0n) is 9.57. The molecule has 0 aromatic carbocycles. The van der Waals surface area contributed by atoms with Gasteiger partial charge in [0.2, 0.25) is 0 Å². The van der Waals surface area contributed by atoms with E-state index >= 15 is 0 Å². The van der Waals surface area contributed by atoms with Gasteiger partial charge in [0, 0.05) is 19.0 Å². The van der Waals surface area contributed by atoms with Crippen LogP contribution in [0.3, 0.4) is 0 Å². The molecule has 7 heteroatoms. The number of carbonyl (C=O) groups excluding carboxylic acids is 1. The molecule has 0 atom stereocenters. The number of carbonyl (C=O) groups is 1. The van der Waals surface area contributed by atoms with Crippen LogP contribution in [-0.2, 0) is 14.8 Å². The molecule has 0 radical (unpaired) electrons. The molecule has 0 aliphatic carbocycles. The second-order valence-corrected chi connectivity index (χ2v) is 7.36. The van der Waals surface area contributed by atoms with Gasteiger partial charge >= 0.3 is 0 Å². The Hall–Kier alpha value is -1.23. The lowest BCUT2D eigenvalue weighted by Crippen LogP contribution is -2.38. The fourth-order valence-corrected chi connectivity index (χ4v) is 4.63. The van der Waals surface area contributed by atoms with Crippen LogP contribution in [0.5, 0.6) is 0 Å². The van der Waals surface area contributed by atoms with Gasteiger partial charge in [0.05, 0.1) is 0 Å². The minimum Gasteiger partial charge on any atom is -0.303 e. The molecule has 1 aliphatic rings. The van der Waals surface area contributed by atoms with Gasteiger partial charge in [0.15, 0.2) is 0 Å². The topological polar surface area (TPSA) is 78.2 Å². The van der Waals surface area contributed by atoms with E-state index in [1.54, 1.807) is 0 Å². The highest BCUT2D eigenvalue weighted by Crippen LogP contribution is 2.27. The quantitative estimate of drug-likeness (QED) is 0.782. The molecule has 5 nitrogen and oxygen atoms in total. The highest BCUT2D eigenvalue weighted by molar-refractivity contribution is 7.91. The van der Waals surface area contributed by atoms with Crippen molar-refractivity contribution in [1.82, 2.24) is 4.31 Å². The Bertz CT molecular complexity index is 578. The fraction of sp³-hybridized carbons (Fsp3) is 0.455. The van der Waals surface area contributed by atoms with Crippen LogP contribution in [0.1, 0.15) is 17.7 Å². The van der Waals surface area contributed by atoms with Crippen molar-refractivity contribution < 1.29 is 13.2 Å². The summed E-state index contributed by atoms with van der Waals surface area (Å²) in [7, 11) is -3.50. The van der Waals surface area contributed by atoms with E-state index in [1.165, 1.54) is 16.4 Å². The summed E-state index contributed by atoms with van der Waals surface area (Å²) in [6, 6.07) is 4.90. The summed E-state index contributed by atoms with van der Waals surface area (Å²) in [5, 5.41) is 8.71. The molecule has 0 bridgehead atoms. The summed E-state index contributed by atoms with van der Waals surface area (Å²) >= 11 is 0.980. The largest absolute Gasteiger partial charge is 0.303 e. The average Bonchev–Trinajstić information content (AvgIpc) is 2.88. The predicted octanol–water partition coefficient (Wildman–Crippen LogP) is 1.22. The van der Waals surface area contributed by atoms with E-state index in [-0.39, 0.29) is 10.1 Å². The van der Waals surface area contributed by atoms with Crippen LogP contribution < -0.4 is 0 Å². The maximum Gasteiger partial charge on any atom is 0.252 e. The molecule has 0 unspecified atom stereocenters. The first-order chi connectivity index (χ1) is 8.57. The highest BCUT2D eigenvalue weighted by Gasteiger charge is 2.30. The Morgan fingerprint density at radius 2 is 2.06 bits per heavy atom. The maximum atomic E-state index is 12.3. The van der Waals surface area contributed by atoms with Crippen molar-refractivity contribution in [2.75, 3.05) is 13.1 Å². The van der Waals surface area contributed by atoms with Gasteiger partial charge < -0.3 is 4.79 Å². The molecule has 0 saturated carbocycles. The molecule has 1 saturated heterocycles. The minimum atomic E-state index is -3.50. The van der Waals surface area contributed by atoms with Gasteiger partial charge in [-0.1, -0.05) is 0 Å². The third-order valence-electron chi connectivity index (χ3n) is 2.98. The van der Waals surface area contributed by atoms with Crippen molar-refractivity contribution in [3.8, 4) is 6.07 Å². The van der Waals surface area contributed by atoms with Gasteiger partial charge in [-0.25, -0.2) is 8.42 Å². The number of sulfonamides is 1. The van der Waals surface area contributed by atoms with Gasteiger partial charge in [-0.3, -0.25) is 0 Å². The minimum absolute atomic E-state index is 0.0329. The van der Waals surface area contributed by atoms with Crippen molar-refractivity contribution in [3.05, 3.63) is 17.0 Å². The van der Waals surface area contributed by atoms with E-state index in [0.717, 1.165) is 17.6 Å². The molecule has 1 aliphatic heterocycles. The summed E-state index contributed by atoms with van der Waals surface area (Å²) in [5.41, 5.74) is 0. The summed E-state index contributed by atoms with van der Waals surface area (Å²) < 4.78 is 26.1. The molecule has 18 heavy (non-hydrogen) atoms. The first kappa shape index (κ1) is 13.2. The molecule has 0 amide bonds. The van der Waals surface area contributed by atoms with E-state index in [0.29, 0.717) is 30.8 Å². The number of aldehydes is 1. The molecule has 2 rings (SSSR count). The Kier molecular flexibility index (Phi) is 3.80. The van der Waals surface area contributed by atoms with Gasteiger partial charge in [0.1, 0.15) is 21.4 Å². The predicted molar refractivity (Wildman–Crippen MR) is 66.6 cm³/mol. The van der Waals surface area contributed by atoms with Crippen LogP contribution in [-0.4, -0.2) is 32.1 Å². The molecular weight excluding hydrogens is 272 g/mol. The van der Waals surface area contributed by atoms with Gasteiger partial charge in [-0.2, -0.15) is 9.57 Å². The first-order valence-electron chi connectivity index (χ1n) is 5.53. The molecule has 2 heterocycles. The molecular formula is C11H12N2O3S2. The number of piperidine rings is 1. The summed E-state index contributed by atoms with van der Waals surface area (Å²) in [4.78, 5) is 11.0. The molecule has 0 N–H and O–H groups in total. The lowest BCUT2D eigenvalue weighted by Gasteiger charge is -2.28. The van der Waals surface area contributed by atoms with Crippen molar-refractivity contribution in [2.45, 2.75) is 17.1 Å². The Morgan fingerprint density at radius 3 is 2.56 bits per heavy atom. The highest BCUT2D eigenvalue weighted by atomic mass is 32.2. The monoisotopic (exact) mass is 284 g/mol. The first-order valence-corrected chi connectivity index (χ1v) is 7.79. The number of rotatable bonds is 3. The van der Waals surface area contributed by atoms with Crippen molar-refractivity contribution >= 4 is 27.6 Å². The molecule has 1 aromatic rings. The molecule has 1 aromatic heterocycles. The van der Waals surface area contributed by atoms with Gasteiger partial charge in [0.25, 0.3) is 10.0 Å². The molecule has 1 fully saturated rings. The third-order valence-corrected chi connectivity index (χ3v) is 6.33. The van der Waals surface area contributed by atoms with Crippen LogP contribution in [0, 0.1) is 17.2 Å². The normalized spacial score (nSPS) is 18.4. The molecule has 0 spiro atoms. The zero-order valence-corrected chi connectivity index (χ0v) is 11.2. The fourth-order valence-electron chi connectivity index (χ4n) is 1.90. The Morgan fingerprint density at radius 1 is 1.39 bits per heavy atom. The van der Waals surface area contributed by atoms with E-state index in [4.69, 9.17) is 5.26 Å². The van der Waals surface area contributed by atoms with Crippen LogP contribution in [0.15, 0.2) is 16.3 Å². The van der Waals surface area contributed by atoms with Gasteiger partial charge in [-0.05, 0) is 25.0 Å². The average molecular weight is 284 g/mol. The second kappa shape index (κ2) is 5.18. The van der Waals surface area contributed by atoms with E-state index in [1.807, 2.05) is 6.07 Å². The third kappa shape index (κ3) is 2.46. The van der Waals surface area contributed by atoms with Crippen LogP contribution in [0.2, 0.25) is 0 Å². The SMILES string of the molecule is N#Cc1ccc(S(=O)(=O)N2CCC(C=O)CC2)s1. The van der Waals surface area contributed by atoms with E-state index in [9.17, 15) is 13.2 Å². The van der Waals surface area contributed by atoms with Crippen molar-refractivity contribution in [1.29, 1.82) is 5.26 Å².